The fourth-order valence-corrected chi connectivity index (χ4v) is 4.41. The Labute approximate surface area is 222 Å². The highest BCUT2D eigenvalue weighted by molar-refractivity contribution is 7.99. The summed E-state index contributed by atoms with van der Waals surface area (Å²) in [5, 5.41) is 0. The van der Waals surface area contributed by atoms with Crippen LogP contribution in [0.3, 0.4) is 0 Å². The average molecular weight is 531 g/mol. The van der Waals surface area contributed by atoms with Crippen molar-refractivity contribution in [3.8, 4) is 34.5 Å². The van der Waals surface area contributed by atoms with Crippen LogP contribution in [0.1, 0.15) is 38.8 Å². The number of hydrogen-bond acceptors (Lipinski definition) is 9. The molecular formula is C28H34O8S. The fourth-order valence-electron chi connectivity index (χ4n) is 3.35. The van der Waals surface area contributed by atoms with Crippen LogP contribution >= 0.6 is 11.8 Å². The minimum absolute atomic E-state index is 0.299. The summed E-state index contributed by atoms with van der Waals surface area (Å²) in [5.74, 6) is 1.26. The van der Waals surface area contributed by atoms with Crippen molar-refractivity contribution < 1.29 is 38.0 Å². The SMILES string of the molecule is C=CC(=O)Oc1cc(Sc2cc(OC(=O)C=C)c(C)c(OCC)c2OCC)c(OCC)c(OCC)c1C. The quantitative estimate of drug-likeness (QED) is 0.160. The Morgan fingerprint density at radius 3 is 1.30 bits per heavy atom. The van der Waals surface area contributed by atoms with E-state index in [4.69, 9.17) is 28.4 Å². The molecule has 2 aromatic rings. The van der Waals surface area contributed by atoms with Crippen molar-refractivity contribution in [1.29, 1.82) is 0 Å². The molecule has 0 aliphatic rings. The minimum Gasteiger partial charge on any atom is -0.490 e. The summed E-state index contributed by atoms with van der Waals surface area (Å²) in [5.41, 5.74) is 1.21. The molecule has 0 radical (unpaired) electrons. The molecule has 2 rings (SSSR count). The first kappa shape index (κ1) is 29.6. The van der Waals surface area contributed by atoms with Gasteiger partial charge < -0.3 is 28.4 Å². The van der Waals surface area contributed by atoms with Gasteiger partial charge in [0.05, 0.1) is 36.2 Å². The van der Waals surface area contributed by atoms with E-state index >= 15 is 0 Å². The molecule has 0 aliphatic heterocycles. The Kier molecular flexibility index (Phi) is 11.4. The van der Waals surface area contributed by atoms with E-state index in [-0.39, 0.29) is 0 Å². The highest BCUT2D eigenvalue weighted by atomic mass is 32.2. The second-order valence-corrected chi connectivity index (χ2v) is 8.48. The van der Waals surface area contributed by atoms with Crippen LogP contribution in [-0.2, 0) is 9.59 Å². The molecule has 9 heteroatoms. The molecule has 200 valence electrons. The third-order valence-electron chi connectivity index (χ3n) is 4.93. The molecule has 37 heavy (non-hydrogen) atoms. The molecule has 0 amide bonds. The van der Waals surface area contributed by atoms with Crippen LogP contribution in [0.2, 0.25) is 0 Å². The van der Waals surface area contributed by atoms with Gasteiger partial charge in [-0.2, -0.15) is 0 Å². The van der Waals surface area contributed by atoms with Crippen LogP contribution in [0.25, 0.3) is 0 Å². The third-order valence-corrected chi connectivity index (χ3v) is 5.98. The van der Waals surface area contributed by atoms with Gasteiger partial charge in [0, 0.05) is 23.3 Å². The smallest absolute Gasteiger partial charge is 0.335 e. The maximum atomic E-state index is 12.0. The zero-order chi connectivity index (χ0) is 27.5. The van der Waals surface area contributed by atoms with Gasteiger partial charge in [0.1, 0.15) is 11.5 Å². The number of ether oxygens (including phenoxy) is 6. The Morgan fingerprint density at radius 2 is 1.00 bits per heavy atom. The van der Waals surface area contributed by atoms with Gasteiger partial charge in [-0.1, -0.05) is 24.9 Å². The summed E-state index contributed by atoms with van der Waals surface area (Å²) in [4.78, 5) is 25.3. The Balaban J connectivity index is 2.83. The molecule has 2 aromatic carbocycles. The normalized spacial score (nSPS) is 10.3. The predicted octanol–water partition coefficient (Wildman–Crippen LogP) is 6.23. The second-order valence-electron chi connectivity index (χ2n) is 7.40. The van der Waals surface area contributed by atoms with Gasteiger partial charge in [0.15, 0.2) is 23.0 Å². The largest absolute Gasteiger partial charge is 0.490 e. The summed E-state index contributed by atoms with van der Waals surface area (Å²) < 4.78 is 34.8. The molecule has 0 spiro atoms. The first-order chi connectivity index (χ1) is 17.8. The molecule has 0 heterocycles. The van der Waals surface area contributed by atoms with E-state index in [0.717, 1.165) is 12.2 Å². The zero-order valence-electron chi connectivity index (χ0n) is 22.2. The number of carbonyl (C=O) groups excluding carboxylic acids is 2. The molecule has 0 aromatic heterocycles. The van der Waals surface area contributed by atoms with Crippen LogP contribution in [0, 0.1) is 13.8 Å². The van der Waals surface area contributed by atoms with Crippen molar-refractivity contribution in [2.24, 2.45) is 0 Å². The summed E-state index contributed by atoms with van der Waals surface area (Å²) >= 11 is 1.27. The average Bonchev–Trinajstić information content (AvgIpc) is 2.88. The minimum atomic E-state index is -0.603. The Hall–Kier alpha value is -3.59. The zero-order valence-corrected chi connectivity index (χ0v) is 23.0. The van der Waals surface area contributed by atoms with Crippen LogP contribution in [0.5, 0.6) is 34.5 Å². The van der Waals surface area contributed by atoms with E-state index < -0.39 is 11.9 Å². The standard InChI is InChI=1S/C28H34O8S/c1-9-23(29)35-19-15-21(27(33-13-5)25(17(19)7)31-11-3)37-22-16-20(36-24(30)10-2)18(8)26(32-12-4)28(22)34-14-6/h9-10,15-16H,1-2,11-14H2,3-8H3. The van der Waals surface area contributed by atoms with E-state index in [0.29, 0.717) is 81.8 Å². The Morgan fingerprint density at radius 1 is 0.676 bits per heavy atom. The lowest BCUT2D eigenvalue weighted by Gasteiger charge is -2.22. The van der Waals surface area contributed by atoms with E-state index in [1.54, 1.807) is 26.0 Å². The molecule has 0 aliphatic carbocycles. The van der Waals surface area contributed by atoms with Gasteiger partial charge in [-0.25, -0.2) is 9.59 Å². The van der Waals surface area contributed by atoms with Crippen molar-refractivity contribution in [2.45, 2.75) is 51.3 Å². The molecule has 0 atom stereocenters. The predicted molar refractivity (Wildman–Crippen MR) is 143 cm³/mol. The molecule has 0 saturated carbocycles. The lowest BCUT2D eigenvalue weighted by atomic mass is 10.1. The molecule has 0 bridgehead atoms. The molecule has 0 fully saturated rings. The highest BCUT2D eigenvalue weighted by Gasteiger charge is 2.25. The second kappa shape index (κ2) is 14.2. The van der Waals surface area contributed by atoms with Gasteiger partial charge in [-0.15, -0.1) is 0 Å². The molecule has 8 nitrogen and oxygen atoms in total. The van der Waals surface area contributed by atoms with Gasteiger partial charge in [-0.3, -0.25) is 0 Å². The van der Waals surface area contributed by atoms with E-state index in [9.17, 15) is 9.59 Å². The van der Waals surface area contributed by atoms with Crippen molar-refractivity contribution in [3.05, 3.63) is 48.6 Å². The molecule has 0 unspecified atom stereocenters. The molecule has 0 N–H and O–H groups in total. The maximum Gasteiger partial charge on any atom is 0.335 e. The topological polar surface area (TPSA) is 89.5 Å². The summed E-state index contributed by atoms with van der Waals surface area (Å²) in [6.45, 7) is 19.4. The van der Waals surface area contributed by atoms with Gasteiger partial charge in [-0.05, 0) is 53.7 Å². The van der Waals surface area contributed by atoms with Crippen molar-refractivity contribution in [3.63, 3.8) is 0 Å². The number of carbonyl (C=O) groups is 2. The number of benzene rings is 2. The van der Waals surface area contributed by atoms with Crippen LogP contribution in [-0.4, -0.2) is 38.4 Å². The lowest BCUT2D eigenvalue weighted by Crippen LogP contribution is -2.09. The number of esters is 2. The third kappa shape index (κ3) is 7.22. The van der Waals surface area contributed by atoms with E-state index in [2.05, 4.69) is 13.2 Å². The molecule has 0 saturated heterocycles. The van der Waals surface area contributed by atoms with E-state index in [1.807, 2.05) is 27.7 Å². The maximum absolute atomic E-state index is 12.0. The van der Waals surface area contributed by atoms with Crippen LogP contribution in [0.4, 0.5) is 0 Å². The van der Waals surface area contributed by atoms with Crippen LogP contribution < -0.4 is 28.4 Å². The first-order valence-corrected chi connectivity index (χ1v) is 12.8. The van der Waals surface area contributed by atoms with Gasteiger partial charge in [0.2, 0.25) is 0 Å². The first-order valence-electron chi connectivity index (χ1n) is 12.0. The van der Waals surface area contributed by atoms with Crippen molar-refractivity contribution in [2.75, 3.05) is 26.4 Å². The van der Waals surface area contributed by atoms with Gasteiger partial charge >= 0.3 is 11.9 Å². The van der Waals surface area contributed by atoms with E-state index in [1.165, 1.54) is 11.8 Å². The summed E-state index contributed by atoms with van der Waals surface area (Å²) in [6.07, 6.45) is 2.18. The number of rotatable bonds is 14. The lowest BCUT2D eigenvalue weighted by molar-refractivity contribution is -0.129. The monoisotopic (exact) mass is 530 g/mol. The van der Waals surface area contributed by atoms with Crippen LogP contribution in [0.15, 0.2) is 47.2 Å². The molecular weight excluding hydrogens is 496 g/mol. The summed E-state index contributed by atoms with van der Waals surface area (Å²) in [6, 6.07) is 3.39. The van der Waals surface area contributed by atoms with Gasteiger partial charge in [0.25, 0.3) is 0 Å². The Bertz CT molecular complexity index is 1070. The summed E-state index contributed by atoms with van der Waals surface area (Å²) in [7, 11) is 0. The fraction of sp³-hybridized carbons (Fsp3) is 0.357. The number of hydrogen-bond donors (Lipinski definition) is 0. The van der Waals surface area contributed by atoms with Crippen molar-refractivity contribution >= 4 is 23.7 Å². The highest BCUT2D eigenvalue weighted by Crippen LogP contribution is 2.52. The van der Waals surface area contributed by atoms with Crippen molar-refractivity contribution in [1.82, 2.24) is 0 Å².